The highest BCUT2D eigenvalue weighted by Crippen LogP contribution is 2.41. The molecule has 2 fully saturated rings. The molecule has 2 N–H and O–H groups in total. The Morgan fingerprint density at radius 3 is 2.67 bits per heavy atom. The van der Waals surface area contributed by atoms with Crippen LogP contribution in [0, 0.1) is 5.92 Å². The number of amides is 1. The lowest BCUT2D eigenvalue weighted by Crippen LogP contribution is -2.22. The van der Waals surface area contributed by atoms with Gasteiger partial charge in [0.15, 0.2) is 11.0 Å². The summed E-state index contributed by atoms with van der Waals surface area (Å²) in [5, 5.41) is 13.1. The van der Waals surface area contributed by atoms with Gasteiger partial charge in [-0.2, -0.15) is 0 Å². The summed E-state index contributed by atoms with van der Waals surface area (Å²) in [5.74, 6) is -1.91. The minimum atomic E-state index is -2.92. The molecule has 1 aromatic carbocycles. The molecule has 2 heterocycles. The molecule has 33 heavy (non-hydrogen) atoms. The van der Waals surface area contributed by atoms with Crippen LogP contribution >= 0.6 is 11.3 Å². The number of aliphatic hydroxyl groups is 1. The molecule has 0 aliphatic heterocycles. The number of alkyl halides is 2. The van der Waals surface area contributed by atoms with Crippen molar-refractivity contribution in [1.82, 2.24) is 15.0 Å². The lowest BCUT2D eigenvalue weighted by atomic mass is 10.1. The molecule has 0 saturated heterocycles. The standard InChI is InChI=1S/C22H22F2N4O4S/c1-31-18-13(4-5-14-19(18)33-21(27-14)28-20(30)11-2-3-11)12-8-25-17(26-9-12)10-32-16-7-22(23,24)6-15(16)29/h4-5,8-9,11,15-16,29H,2-3,6-7,10H2,1H3,(H,27,28,30)/t15-,16-/m0/s1. The number of carbonyl (C=O) groups is 1. The van der Waals surface area contributed by atoms with Gasteiger partial charge in [0.2, 0.25) is 5.91 Å². The maximum Gasteiger partial charge on any atom is 0.253 e. The fraction of sp³-hybridized carbons (Fsp3) is 0.455. The number of nitrogens with zero attached hydrogens (tertiary/aromatic N) is 3. The first-order chi connectivity index (χ1) is 15.8. The third-order valence-corrected chi connectivity index (χ3v) is 6.76. The van der Waals surface area contributed by atoms with Gasteiger partial charge >= 0.3 is 0 Å². The monoisotopic (exact) mass is 476 g/mol. The minimum Gasteiger partial charge on any atom is -0.495 e. The Bertz CT molecular complexity index is 1180. The lowest BCUT2D eigenvalue weighted by Gasteiger charge is -2.14. The summed E-state index contributed by atoms with van der Waals surface area (Å²) in [7, 11) is 1.56. The number of aliphatic hydroxyl groups excluding tert-OH is 1. The minimum absolute atomic E-state index is 0.00621. The summed E-state index contributed by atoms with van der Waals surface area (Å²) in [6, 6.07) is 3.69. The van der Waals surface area contributed by atoms with Gasteiger partial charge in [-0.05, 0) is 25.0 Å². The van der Waals surface area contributed by atoms with E-state index in [1.807, 2.05) is 12.1 Å². The summed E-state index contributed by atoms with van der Waals surface area (Å²) >= 11 is 1.34. The van der Waals surface area contributed by atoms with E-state index in [-0.39, 0.29) is 18.4 Å². The predicted molar refractivity (Wildman–Crippen MR) is 117 cm³/mol. The van der Waals surface area contributed by atoms with E-state index < -0.39 is 31.0 Å². The number of thiazole rings is 1. The second-order valence-electron chi connectivity index (χ2n) is 8.35. The van der Waals surface area contributed by atoms with Crippen LogP contribution in [0.4, 0.5) is 13.9 Å². The van der Waals surface area contributed by atoms with Crippen LogP contribution in [0.15, 0.2) is 24.5 Å². The summed E-state index contributed by atoms with van der Waals surface area (Å²) in [5.41, 5.74) is 2.17. The molecule has 0 bridgehead atoms. The van der Waals surface area contributed by atoms with Crippen LogP contribution in [0.1, 0.15) is 31.5 Å². The quantitative estimate of drug-likeness (QED) is 0.534. The molecule has 1 amide bonds. The van der Waals surface area contributed by atoms with Crippen molar-refractivity contribution < 1.29 is 28.2 Å². The number of ether oxygens (including phenoxy) is 2. The van der Waals surface area contributed by atoms with Crippen molar-refractivity contribution in [3.8, 4) is 16.9 Å². The van der Waals surface area contributed by atoms with Crippen molar-refractivity contribution in [1.29, 1.82) is 0 Å². The molecule has 0 unspecified atom stereocenters. The number of hydrogen-bond acceptors (Lipinski definition) is 8. The Morgan fingerprint density at radius 1 is 1.27 bits per heavy atom. The molecule has 2 atom stereocenters. The first-order valence-corrected chi connectivity index (χ1v) is 11.4. The number of hydrogen-bond donors (Lipinski definition) is 2. The number of methoxy groups -OCH3 is 1. The fourth-order valence-corrected chi connectivity index (χ4v) is 4.87. The average Bonchev–Trinajstić information content (AvgIpc) is 3.50. The molecule has 2 aliphatic rings. The number of fused-ring (bicyclic) bond motifs is 1. The van der Waals surface area contributed by atoms with Gasteiger partial charge in [-0.15, -0.1) is 0 Å². The van der Waals surface area contributed by atoms with Crippen LogP contribution in [0.25, 0.3) is 21.3 Å². The third kappa shape index (κ3) is 4.66. The highest BCUT2D eigenvalue weighted by molar-refractivity contribution is 7.22. The number of anilines is 1. The van der Waals surface area contributed by atoms with E-state index in [0.717, 1.165) is 23.1 Å². The molecule has 0 radical (unpaired) electrons. The van der Waals surface area contributed by atoms with Gasteiger partial charge in [-0.25, -0.2) is 23.7 Å². The molecule has 174 valence electrons. The van der Waals surface area contributed by atoms with Crippen molar-refractivity contribution in [2.75, 3.05) is 12.4 Å². The van der Waals surface area contributed by atoms with Gasteiger partial charge < -0.3 is 19.9 Å². The lowest BCUT2D eigenvalue weighted by molar-refractivity contribution is -0.117. The normalized spacial score (nSPS) is 21.9. The number of nitrogens with one attached hydrogen (secondary N) is 1. The molecule has 5 rings (SSSR count). The molecule has 0 spiro atoms. The third-order valence-electron chi connectivity index (χ3n) is 5.77. The zero-order valence-corrected chi connectivity index (χ0v) is 18.6. The summed E-state index contributed by atoms with van der Waals surface area (Å²) < 4.78 is 38.6. The van der Waals surface area contributed by atoms with E-state index in [1.165, 1.54) is 11.3 Å². The summed E-state index contributed by atoms with van der Waals surface area (Å²) in [6.45, 7) is -0.0762. The van der Waals surface area contributed by atoms with Crippen molar-refractivity contribution in [3.63, 3.8) is 0 Å². The van der Waals surface area contributed by atoms with Crippen molar-refractivity contribution in [2.45, 2.75) is 50.4 Å². The largest absolute Gasteiger partial charge is 0.495 e. The first kappa shape index (κ1) is 22.1. The molecular formula is C22H22F2N4O4S. The van der Waals surface area contributed by atoms with Gasteiger partial charge in [0, 0.05) is 42.3 Å². The van der Waals surface area contributed by atoms with Crippen LogP contribution in [-0.2, 0) is 16.1 Å². The number of carbonyl (C=O) groups excluding carboxylic acids is 1. The molecule has 2 aliphatic carbocycles. The van der Waals surface area contributed by atoms with Crippen molar-refractivity contribution in [2.24, 2.45) is 5.92 Å². The topological polar surface area (TPSA) is 106 Å². The second-order valence-corrected chi connectivity index (χ2v) is 9.35. The van der Waals surface area contributed by atoms with Gasteiger partial charge in [-0.3, -0.25) is 4.79 Å². The molecule has 2 saturated carbocycles. The SMILES string of the molecule is COc1c(-c2cnc(CO[C@H]3CC(F)(F)C[C@@H]3O)nc2)ccc2nc(NC(=O)C3CC3)sc12. The predicted octanol–water partition coefficient (Wildman–Crippen LogP) is 3.79. The van der Waals surface area contributed by atoms with Crippen LogP contribution in [0.5, 0.6) is 5.75 Å². The summed E-state index contributed by atoms with van der Waals surface area (Å²) in [6.07, 6.45) is 1.79. The van der Waals surface area contributed by atoms with E-state index in [0.29, 0.717) is 27.8 Å². The summed E-state index contributed by atoms with van der Waals surface area (Å²) in [4.78, 5) is 25.1. The highest BCUT2D eigenvalue weighted by atomic mass is 32.1. The van der Waals surface area contributed by atoms with Crippen LogP contribution in [-0.4, -0.2) is 51.2 Å². The van der Waals surface area contributed by atoms with Gasteiger partial charge in [0.1, 0.15) is 12.4 Å². The molecule has 2 aromatic heterocycles. The molecule has 3 aromatic rings. The van der Waals surface area contributed by atoms with Crippen molar-refractivity contribution >= 4 is 32.6 Å². The Kier molecular flexibility index (Phi) is 5.71. The van der Waals surface area contributed by atoms with Gasteiger partial charge in [0.25, 0.3) is 5.92 Å². The second kappa shape index (κ2) is 8.54. The Morgan fingerprint density at radius 2 is 2.03 bits per heavy atom. The van der Waals surface area contributed by atoms with E-state index in [9.17, 15) is 18.7 Å². The van der Waals surface area contributed by atoms with Crippen LogP contribution < -0.4 is 10.1 Å². The van der Waals surface area contributed by atoms with Crippen molar-refractivity contribution in [3.05, 3.63) is 30.4 Å². The first-order valence-electron chi connectivity index (χ1n) is 10.6. The smallest absolute Gasteiger partial charge is 0.253 e. The maximum atomic E-state index is 13.4. The fourth-order valence-electron chi connectivity index (χ4n) is 3.88. The highest BCUT2D eigenvalue weighted by Gasteiger charge is 2.46. The number of aromatic nitrogens is 3. The zero-order chi connectivity index (χ0) is 23.2. The number of halogens is 2. The van der Waals surface area contributed by atoms with Crippen LogP contribution in [0.3, 0.4) is 0 Å². The van der Waals surface area contributed by atoms with E-state index in [2.05, 4.69) is 20.3 Å². The molecule has 8 nitrogen and oxygen atoms in total. The zero-order valence-electron chi connectivity index (χ0n) is 17.8. The van der Waals surface area contributed by atoms with Crippen LogP contribution in [0.2, 0.25) is 0 Å². The Hall–Kier alpha value is -2.76. The average molecular weight is 477 g/mol. The Balaban J connectivity index is 1.32. The maximum absolute atomic E-state index is 13.4. The number of benzene rings is 1. The van der Waals surface area contributed by atoms with E-state index in [4.69, 9.17) is 9.47 Å². The van der Waals surface area contributed by atoms with E-state index in [1.54, 1.807) is 19.5 Å². The molecule has 11 heteroatoms. The van der Waals surface area contributed by atoms with Gasteiger partial charge in [0.05, 0.1) is 29.5 Å². The van der Waals surface area contributed by atoms with Gasteiger partial charge in [-0.1, -0.05) is 11.3 Å². The van der Waals surface area contributed by atoms with E-state index >= 15 is 0 Å². The Labute approximate surface area is 192 Å². The molecular weight excluding hydrogens is 454 g/mol. The number of rotatable bonds is 7.